The second kappa shape index (κ2) is 9.70. The Balaban J connectivity index is 2.26. The van der Waals surface area contributed by atoms with Crippen molar-refractivity contribution in [3.05, 3.63) is 29.8 Å². The molecule has 0 bridgehead atoms. The molecule has 0 radical (unpaired) electrons. The van der Waals surface area contributed by atoms with Gasteiger partial charge < -0.3 is 15.2 Å². The summed E-state index contributed by atoms with van der Waals surface area (Å²) < 4.78 is 28.4. The van der Waals surface area contributed by atoms with Crippen LogP contribution in [0.25, 0.3) is 0 Å². The molecule has 0 aromatic heterocycles. The van der Waals surface area contributed by atoms with Gasteiger partial charge >= 0.3 is 12.6 Å². The number of carboxylic acid groups (broad SMARTS) is 1. The summed E-state index contributed by atoms with van der Waals surface area (Å²) in [6.45, 7) is -2.48. The molecule has 0 unspecified atom stereocenters. The zero-order valence-electron chi connectivity index (χ0n) is 12.1. The topological polar surface area (TPSA) is 75.6 Å². The Morgan fingerprint density at radius 3 is 2.59 bits per heavy atom. The maximum absolute atomic E-state index is 12.1. The number of aliphatic carboxylic acids is 1. The highest BCUT2D eigenvalue weighted by atomic mass is 19.3. The molecule has 1 aromatic carbocycles. The number of carbonyl (C=O) groups is 2. The molecule has 0 aliphatic carbocycles. The molecule has 22 heavy (non-hydrogen) atoms. The van der Waals surface area contributed by atoms with Gasteiger partial charge in [0, 0.05) is 18.5 Å². The predicted molar refractivity (Wildman–Crippen MR) is 76.1 cm³/mol. The third kappa shape index (κ3) is 7.56. The molecule has 122 valence electrons. The van der Waals surface area contributed by atoms with Crippen LogP contribution in [0.5, 0.6) is 5.75 Å². The number of carbonyl (C=O) groups excluding carboxylic acids is 1. The average Bonchev–Trinajstić information content (AvgIpc) is 2.45. The highest BCUT2D eigenvalue weighted by Crippen LogP contribution is 2.15. The molecule has 0 fully saturated rings. The summed E-state index contributed by atoms with van der Waals surface area (Å²) in [6.07, 6.45) is 3.13. The molecule has 2 N–H and O–H groups in total. The number of nitrogens with one attached hydrogen (secondary N) is 1. The van der Waals surface area contributed by atoms with Gasteiger partial charge in [0.05, 0.1) is 0 Å². The number of hydrogen-bond donors (Lipinski definition) is 2. The molecule has 0 saturated carbocycles. The molecule has 0 heterocycles. The lowest BCUT2D eigenvalue weighted by Gasteiger charge is -2.08. The number of amides is 1. The van der Waals surface area contributed by atoms with Crippen LogP contribution in [0.15, 0.2) is 24.3 Å². The SMILES string of the molecule is O=C(O)CCCCCCNC(=O)c1cccc(OC(F)F)c1. The first-order valence-corrected chi connectivity index (χ1v) is 7.04. The van der Waals surface area contributed by atoms with Gasteiger partial charge in [0.25, 0.3) is 5.91 Å². The number of ether oxygens (including phenoxy) is 1. The van der Waals surface area contributed by atoms with E-state index in [-0.39, 0.29) is 23.6 Å². The van der Waals surface area contributed by atoms with E-state index in [0.29, 0.717) is 13.0 Å². The highest BCUT2D eigenvalue weighted by molar-refractivity contribution is 5.94. The molecule has 5 nitrogen and oxygen atoms in total. The highest BCUT2D eigenvalue weighted by Gasteiger charge is 2.09. The van der Waals surface area contributed by atoms with Crippen LogP contribution in [0, 0.1) is 0 Å². The number of rotatable bonds is 10. The fraction of sp³-hybridized carbons (Fsp3) is 0.467. The van der Waals surface area contributed by atoms with Crippen molar-refractivity contribution in [2.24, 2.45) is 0 Å². The normalized spacial score (nSPS) is 10.5. The predicted octanol–water partition coefficient (Wildman–Crippen LogP) is 3.05. The van der Waals surface area contributed by atoms with Crippen molar-refractivity contribution in [1.82, 2.24) is 5.32 Å². The molecule has 1 aromatic rings. The van der Waals surface area contributed by atoms with Crippen LogP contribution in [0.4, 0.5) is 8.78 Å². The minimum atomic E-state index is -2.93. The van der Waals surface area contributed by atoms with Crippen LogP contribution >= 0.6 is 0 Å². The van der Waals surface area contributed by atoms with Gasteiger partial charge in [-0.15, -0.1) is 0 Å². The van der Waals surface area contributed by atoms with E-state index < -0.39 is 12.6 Å². The number of unbranched alkanes of at least 4 members (excludes halogenated alkanes) is 3. The summed E-state index contributed by atoms with van der Waals surface area (Å²) in [5, 5.41) is 11.2. The van der Waals surface area contributed by atoms with Crippen molar-refractivity contribution < 1.29 is 28.2 Å². The molecule has 0 aliphatic rings. The Labute approximate surface area is 127 Å². The van der Waals surface area contributed by atoms with E-state index in [0.717, 1.165) is 19.3 Å². The van der Waals surface area contributed by atoms with E-state index in [1.807, 2.05) is 0 Å². The molecule has 1 amide bonds. The van der Waals surface area contributed by atoms with E-state index >= 15 is 0 Å². The summed E-state index contributed by atoms with van der Waals surface area (Å²) in [5.74, 6) is -1.22. The van der Waals surface area contributed by atoms with E-state index in [1.54, 1.807) is 0 Å². The van der Waals surface area contributed by atoms with Gasteiger partial charge in [-0.25, -0.2) is 0 Å². The van der Waals surface area contributed by atoms with Crippen molar-refractivity contribution in [3.8, 4) is 5.75 Å². The van der Waals surface area contributed by atoms with E-state index in [2.05, 4.69) is 10.1 Å². The summed E-state index contributed by atoms with van der Waals surface area (Å²) >= 11 is 0. The molecule has 7 heteroatoms. The molecule has 0 saturated heterocycles. The molecule has 1 rings (SSSR count). The molecule has 0 spiro atoms. The monoisotopic (exact) mass is 315 g/mol. The van der Waals surface area contributed by atoms with E-state index in [1.165, 1.54) is 24.3 Å². The number of benzene rings is 1. The minimum absolute atomic E-state index is 0.0590. The van der Waals surface area contributed by atoms with E-state index in [9.17, 15) is 18.4 Å². The first-order chi connectivity index (χ1) is 10.5. The largest absolute Gasteiger partial charge is 0.481 e. The fourth-order valence-electron chi connectivity index (χ4n) is 1.87. The summed E-state index contributed by atoms with van der Waals surface area (Å²) in [6, 6.07) is 5.60. The summed E-state index contributed by atoms with van der Waals surface area (Å²) in [4.78, 5) is 22.1. The zero-order valence-corrected chi connectivity index (χ0v) is 12.1. The van der Waals surface area contributed by atoms with Crippen molar-refractivity contribution in [2.75, 3.05) is 6.54 Å². The maximum Gasteiger partial charge on any atom is 0.387 e. The Morgan fingerprint density at radius 2 is 1.91 bits per heavy atom. The second-order valence-corrected chi connectivity index (χ2v) is 4.72. The molecular formula is C15H19F2NO4. The van der Waals surface area contributed by atoms with Gasteiger partial charge in [-0.1, -0.05) is 18.9 Å². The lowest BCUT2D eigenvalue weighted by Crippen LogP contribution is -2.24. The smallest absolute Gasteiger partial charge is 0.387 e. The Morgan fingerprint density at radius 1 is 1.18 bits per heavy atom. The van der Waals surface area contributed by atoms with Crippen LogP contribution in [0.1, 0.15) is 42.5 Å². The third-order valence-corrected chi connectivity index (χ3v) is 2.92. The van der Waals surface area contributed by atoms with Gasteiger partial charge in [-0.2, -0.15) is 8.78 Å². The standard InChI is InChI=1S/C15H19F2NO4/c16-15(17)22-12-7-5-6-11(10-12)14(21)18-9-4-2-1-3-8-13(19)20/h5-7,10,15H,1-4,8-9H2,(H,18,21)(H,19,20). The van der Waals surface area contributed by atoms with Crippen molar-refractivity contribution in [1.29, 1.82) is 0 Å². The van der Waals surface area contributed by atoms with Gasteiger partial charge in [-0.3, -0.25) is 9.59 Å². The molecule has 0 aliphatic heterocycles. The third-order valence-electron chi connectivity index (χ3n) is 2.92. The number of halogens is 2. The summed E-state index contributed by atoms with van der Waals surface area (Å²) in [5.41, 5.74) is 0.254. The van der Waals surface area contributed by atoms with Gasteiger partial charge in [0.1, 0.15) is 5.75 Å². The lowest BCUT2D eigenvalue weighted by molar-refractivity contribution is -0.137. The molecule has 0 atom stereocenters. The van der Waals surface area contributed by atoms with Crippen molar-refractivity contribution in [3.63, 3.8) is 0 Å². The van der Waals surface area contributed by atoms with Crippen LogP contribution in [0.2, 0.25) is 0 Å². The average molecular weight is 315 g/mol. The Bertz CT molecular complexity index is 494. The Hall–Kier alpha value is -2.18. The van der Waals surface area contributed by atoms with Crippen LogP contribution in [0.3, 0.4) is 0 Å². The first kappa shape index (κ1) is 17.9. The minimum Gasteiger partial charge on any atom is -0.481 e. The van der Waals surface area contributed by atoms with Crippen LogP contribution < -0.4 is 10.1 Å². The maximum atomic E-state index is 12.1. The number of carboxylic acids is 1. The van der Waals surface area contributed by atoms with Crippen molar-refractivity contribution >= 4 is 11.9 Å². The van der Waals surface area contributed by atoms with Crippen LogP contribution in [-0.4, -0.2) is 30.1 Å². The quantitative estimate of drug-likeness (QED) is 0.651. The van der Waals surface area contributed by atoms with Gasteiger partial charge in [0.2, 0.25) is 0 Å². The van der Waals surface area contributed by atoms with Crippen molar-refractivity contribution in [2.45, 2.75) is 38.7 Å². The Kier molecular flexibility index (Phi) is 7.88. The van der Waals surface area contributed by atoms with Crippen LogP contribution in [-0.2, 0) is 4.79 Å². The number of hydrogen-bond acceptors (Lipinski definition) is 3. The van der Waals surface area contributed by atoms with E-state index in [4.69, 9.17) is 5.11 Å². The number of alkyl halides is 2. The van der Waals surface area contributed by atoms with Gasteiger partial charge in [0.15, 0.2) is 0 Å². The fourth-order valence-corrected chi connectivity index (χ4v) is 1.87. The van der Waals surface area contributed by atoms with Gasteiger partial charge in [-0.05, 0) is 31.0 Å². The second-order valence-electron chi connectivity index (χ2n) is 4.72. The first-order valence-electron chi connectivity index (χ1n) is 7.04. The summed E-state index contributed by atoms with van der Waals surface area (Å²) in [7, 11) is 0. The zero-order chi connectivity index (χ0) is 16.4. The molecular weight excluding hydrogens is 296 g/mol. The lowest BCUT2D eigenvalue weighted by atomic mass is 10.1.